The Morgan fingerprint density at radius 1 is 1.17 bits per heavy atom. The molecule has 5 heterocycles. The van der Waals surface area contributed by atoms with E-state index in [9.17, 15) is 4.79 Å². The van der Waals surface area contributed by atoms with Gasteiger partial charge in [-0.25, -0.2) is 19.4 Å². The molecule has 0 bridgehead atoms. The Bertz CT molecular complexity index is 1260. The lowest BCUT2D eigenvalue weighted by Gasteiger charge is -2.44. The fraction of sp³-hybridized carbons (Fsp3) is 0.500. The number of nitrogens with zero attached hydrogens (tertiary/aromatic N) is 6. The molecule has 3 aliphatic heterocycles. The molecule has 3 fully saturated rings. The number of carbonyl (C=O) groups excluding carboxylic acids is 1. The summed E-state index contributed by atoms with van der Waals surface area (Å²) < 4.78 is 12.4. The summed E-state index contributed by atoms with van der Waals surface area (Å²) >= 11 is 6.76. The second-order valence-electron chi connectivity index (χ2n) is 9.67. The average Bonchev–Trinajstić information content (AvgIpc) is 3.33. The van der Waals surface area contributed by atoms with Crippen molar-refractivity contribution in [1.82, 2.24) is 24.6 Å². The second kappa shape index (κ2) is 8.92. The van der Waals surface area contributed by atoms with Crippen molar-refractivity contribution in [2.45, 2.75) is 38.4 Å². The molecule has 3 atom stereocenters. The number of aromatic nitrogens is 4. The van der Waals surface area contributed by atoms with E-state index in [0.717, 1.165) is 49.3 Å². The first-order chi connectivity index (χ1) is 17.0. The lowest BCUT2D eigenvalue weighted by molar-refractivity contribution is -0.0807. The van der Waals surface area contributed by atoms with Crippen molar-refractivity contribution in [2.24, 2.45) is 5.92 Å². The Kier molecular flexibility index (Phi) is 5.74. The van der Waals surface area contributed by atoms with Crippen LogP contribution in [-0.4, -0.2) is 75.7 Å². The molecule has 0 spiro atoms. The number of carbonyl (C=O) groups is 1. The van der Waals surface area contributed by atoms with Gasteiger partial charge < -0.3 is 14.8 Å². The number of fused-ring (bicyclic) bond motifs is 1. The van der Waals surface area contributed by atoms with Crippen LogP contribution in [0.15, 0.2) is 30.6 Å². The van der Waals surface area contributed by atoms with Crippen molar-refractivity contribution in [3.63, 3.8) is 0 Å². The van der Waals surface area contributed by atoms with Gasteiger partial charge >= 0.3 is 6.09 Å². The van der Waals surface area contributed by atoms with E-state index in [4.69, 9.17) is 21.1 Å². The van der Waals surface area contributed by atoms with E-state index in [-0.39, 0.29) is 18.2 Å². The molecule has 184 valence electrons. The van der Waals surface area contributed by atoms with Crippen molar-refractivity contribution >= 4 is 45.9 Å². The molecule has 0 aliphatic carbocycles. The van der Waals surface area contributed by atoms with Crippen LogP contribution in [0.2, 0.25) is 5.15 Å². The second-order valence-corrected chi connectivity index (χ2v) is 10.0. The van der Waals surface area contributed by atoms with E-state index in [2.05, 4.69) is 32.2 Å². The van der Waals surface area contributed by atoms with Crippen LogP contribution < -0.4 is 10.2 Å². The molecule has 3 aromatic rings. The van der Waals surface area contributed by atoms with Gasteiger partial charge in [-0.2, -0.15) is 5.10 Å². The number of piperidine rings is 1. The number of nitrogens with one attached hydrogen (secondary N) is 1. The molecule has 2 aromatic heterocycles. The minimum Gasteiger partial charge on any atom is -0.447 e. The number of anilines is 3. The maximum atomic E-state index is 12.1. The third-order valence-corrected chi connectivity index (χ3v) is 7.63. The smallest absolute Gasteiger partial charge is 0.414 e. The van der Waals surface area contributed by atoms with E-state index < -0.39 is 0 Å². The Hall–Kier alpha value is -2.95. The van der Waals surface area contributed by atoms with Gasteiger partial charge in [0.2, 0.25) is 5.95 Å². The summed E-state index contributed by atoms with van der Waals surface area (Å²) in [6.45, 7) is 8.28. The molecule has 6 rings (SSSR count). The van der Waals surface area contributed by atoms with Gasteiger partial charge in [0.15, 0.2) is 5.15 Å². The van der Waals surface area contributed by atoms with Gasteiger partial charge in [0.1, 0.15) is 6.61 Å². The van der Waals surface area contributed by atoms with E-state index in [0.29, 0.717) is 35.4 Å². The van der Waals surface area contributed by atoms with E-state index in [1.54, 1.807) is 17.3 Å². The minimum atomic E-state index is -0.343. The molecule has 0 unspecified atom stereocenters. The number of ether oxygens (including phenoxy) is 2. The highest BCUT2D eigenvalue weighted by atomic mass is 35.5. The van der Waals surface area contributed by atoms with E-state index in [1.165, 1.54) is 0 Å². The van der Waals surface area contributed by atoms with Crippen LogP contribution in [-0.2, 0) is 9.47 Å². The van der Waals surface area contributed by atoms with Crippen LogP contribution in [0.1, 0.15) is 26.3 Å². The molecular formula is C24H28ClN7O3. The van der Waals surface area contributed by atoms with Gasteiger partial charge in [-0.05, 0) is 37.5 Å². The highest BCUT2D eigenvalue weighted by Crippen LogP contribution is 2.35. The third-order valence-electron chi connectivity index (χ3n) is 7.25. The zero-order valence-corrected chi connectivity index (χ0v) is 20.5. The fourth-order valence-corrected chi connectivity index (χ4v) is 5.44. The number of benzene rings is 1. The quantitative estimate of drug-likeness (QED) is 0.567. The van der Waals surface area contributed by atoms with Gasteiger partial charge in [-0.3, -0.25) is 9.80 Å². The van der Waals surface area contributed by atoms with Crippen LogP contribution in [0.4, 0.5) is 22.1 Å². The standard InChI is InChI=1S/C24H28ClN7O3/c1-14-10-30(18-12-34-13-18)6-5-21(14)32-22(25)20(9-27-32)29-23-26-8-16-3-4-17(7-19(16)28-23)31-15(2)11-35-24(31)33/h3-4,7-9,14-15,18,21H,5-6,10-13H2,1-2H3,(H,26,28,29)/t14-,15+,21+/m1/s1. The number of hydrogen-bond acceptors (Lipinski definition) is 8. The van der Waals surface area contributed by atoms with Gasteiger partial charge in [0.25, 0.3) is 0 Å². The minimum absolute atomic E-state index is 0.0275. The predicted octanol–water partition coefficient (Wildman–Crippen LogP) is 3.85. The summed E-state index contributed by atoms with van der Waals surface area (Å²) in [6.07, 6.45) is 4.13. The number of cyclic esters (lactones) is 1. The maximum absolute atomic E-state index is 12.1. The summed E-state index contributed by atoms with van der Waals surface area (Å²) in [6, 6.07) is 6.42. The Morgan fingerprint density at radius 2 is 2.03 bits per heavy atom. The molecule has 3 aliphatic rings. The predicted molar refractivity (Wildman–Crippen MR) is 132 cm³/mol. The Morgan fingerprint density at radius 3 is 2.74 bits per heavy atom. The van der Waals surface area contributed by atoms with Crippen LogP contribution in [0, 0.1) is 5.92 Å². The Balaban J connectivity index is 1.20. The molecule has 11 heteroatoms. The highest BCUT2D eigenvalue weighted by molar-refractivity contribution is 6.32. The van der Waals surface area contributed by atoms with Crippen molar-refractivity contribution in [3.8, 4) is 0 Å². The molecule has 35 heavy (non-hydrogen) atoms. The van der Waals surface area contributed by atoms with Crippen molar-refractivity contribution in [3.05, 3.63) is 35.7 Å². The molecular weight excluding hydrogens is 470 g/mol. The molecule has 0 radical (unpaired) electrons. The number of halogens is 1. The molecule has 3 saturated heterocycles. The third kappa shape index (κ3) is 4.09. The summed E-state index contributed by atoms with van der Waals surface area (Å²) in [5, 5.41) is 9.24. The zero-order chi connectivity index (χ0) is 24.1. The van der Waals surface area contributed by atoms with Crippen LogP contribution >= 0.6 is 11.6 Å². The van der Waals surface area contributed by atoms with Crippen molar-refractivity contribution < 1.29 is 14.3 Å². The molecule has 10 nitrogen and oxygen atoms in total. The first kappa shape index (κ1) is 22.5. The SMILES string of the molecule is C[C@@H]1CN(C2COC2)CC[C@@H]1n1ncc(Nc2ncc3ccc(N4C(=O)OC[C@@H]4C)cc3n2)c1Cl. The number of amides is 1. The molecule has 0 saturated carbocycles. The molecule has 1 aromatic carbocycles. The van der Waals surface area contributed by atoms with Crippen LogP contribution in [0.25, 0.3) is 10.9 Å². The highest BCUT2D eigenvalue weighted by Gasteiger charge is 2.35. The van der Waals surface area contributed by atoms with Gasteiger partial charge in [0, 0.05) is 30.4 Å². The number of rotatable bonds is 5. The summed E-state index contributed by atoms with van der Waals surface area (Å²) in [5.41, 5.74) is 2.13. The van der Waals surface area contributed by atoms with Gasteiger partial charge in [-0.15, -0.1) is 0 Å². The van der Waals surface area contributed by atoms with Crippen molar-refractivity contribution in [2.75, 3.05) is 43.1 Å². The maximum Gasteiger partial charge on any atom is 0.414 e. The average molecular weight is 498 g/mol. The first-order valence-electron chi connectivity index (χ1n) is 12.0. The normalized spacial score (nSPS) is 25.6. The topological polar surface area (TPSA) is 97.6 Å². The van der Waals surface area contributed by atoms with E-state index >= 15 is 0 Å². The van der Waals surface area contributed by atoms with Gasteiger partial charge in [0.05, 0.1) is 48.7 Å². The first-order valence-corrected chi connectivity index (χ1v) is 12.4. The van der Waals surface area contributed by atoms with Gasteiger partial charge in [-0.1, -0.05) is 18.5 Å². The summed E-state index contributed by atoms with van der Waals surface area (Å²) in [7, 11) is 0. The number of likely N-dealkylation sites (tertiary alicyclic amines) is 1. The zero-order valence-electron chi connectivity index (χ0n) is 19.7. The van der Waals surface area contributed by atoms with E-state index in [1.807, 2.05) is 29.8 Å². The van der Waals surface area contributed by atoms with Crippen LogP contribution in [0.5, 0.6) is 0 Å². The Labute approximate surface area is 208 Å². The fourth-order valence-electron chi connectivity index (χ4n) is 5.17. The number of hydrogen-bond donors (Lipinski definition) is 1. The largest absolute Gasteiger partial charge is 0.447 e. The summed E-state index contributed by atoms with van der Waals surface area (Å²) in [4.78, 5) is 25.4. The lowest BCUT2D eigenvalue weighted by Crippen LogP contribution is -2.54. The lowest BCUT2D eigenvalue weighted by atomic mass is 9.92. The van der Waals surface area contributed by atoms with Crippen molar-refractivity contribution in [1.29, 1.82) is 0 Å². The molecule has 1 amide bonds. The monoisotopic (exact) mass is 497 g/mol. The molecule has 1 N–H and O–H groups in total. The summed E-state index contributed by atoms with van der Waals surface area (Å²) in [5.74, 6) is 0.839. The van der Waals surface area contributed by atoms with Crippen LogP contribution in [0.3, 0.4) is 0 Å².